The molecule has 9 nitrogen and oxygen atoms in total. The van der Waals surface area contributed by atoms with Crippen molar-refractivity contribution in [2.24, 2.45) is 0 Å². The van der Waals surface area contributed by atoms with Crippen LogP contribution in [-0.2, 0) is 10.1 Å². The van der Waals surface area contributed by atoms with Gasteiger partial charge in [-0.25, -0.2) is 0 Å². The summed E-state index contributed by atoms with van der Waals surface area (Å²) in [4.78, 5) is 24.9. The Morgan fingerprint density at radius 1 is 0.415 bits per heavy atom. The third-order valence-corrected chi connectivity index (χ3v) is 7.45. The number of aryl methyl sites for hydroxylation is 2. The third kappa shape index (κ3) is 13.1. The zero-order chi connectivity index (χ0) is 38.4. The molecular weight excluding hydrogens is 693 g/mol. The highest BCUT2D eigenvalue weighted by molar-refractivity contribution is 7.85. The summed E-state index contributed by atoms with van der Waals surface area (Å²) in [6, 6.07) is 44.1. The summed E-state index contributed by atoms with van der Waals surface area (Å²) < 4.78 is 47.6. The Hall–Kier alpha value is -6.23. The van der Waals surface area contributed by atoms with Gasteiger partial charge in [-0.05, 0) is 111 Å². The van der Waals surface area contributed by atoms with Gasteiger partial charge in [0.25, 0.3) is 10.1 Å². The maximum atomic E-state index is 12.4. The van der Waals surface area contributed by atoms with E-state index in [1.54, 1.807) is 62.8 Å². The van der Waals surface area contributed by atoms with Crippen molar-refractivity contribution < 1.29 is 41.5 Å². The summed E-state index contributed by atoms with van der Waals surface area (Å²) in [5, 5.41) is 0. The van der Waals surface area contributed by atoms with Crippen molar-refractivity contribution in [3.05, 3.63) is 179 Å². The molecule has 0 aromatic heterocycles. The zero-order valence-corrected chi connectivity index (χ0v) is 30.8. The number of hydrogen-bond acceptors (Lipinski definition) is 8. The van der Waals surface area contributed by atoms with Crippen molar-refractivity contribution in [1.82, 2.24) is 0 Å². The lowest BCUT2D eigenvalue weighted by molar-refractivity contribution is 0.103. The third-order valence-electron chi connectivity index (χ3n) is 7.45. The molecule has 1 N–H and O–H groups in total. The molecule has 272 valence electrons. The fourth-order valence-electron chi connectivity index (χ4n) is 4.65. The van der Waals surface area contributed by atoms with Crippen LogP contribution in [0.15, 0.2) is 146 Å². The van der Waals surface area contributed by atoms with Gasteiger partial charge in [-0.3, -0.25) is 14.1 Å². The summed E-state index contributed by atoms with van der Waals surface area (Å²) >= 11 is 0. The summed E-state index contributed by atoms with van der Waals surface area (Å²) in [6.07, 6.45) is 0.715. The summed E-state index contributed by atoms with van der Waals surface area (Å²) in [6.45, 7) is 4.00. The second-order valence-electron chi connectivity index (χ2n) is 11.7. The zero-order valence-electron chi connectivity index (χ0n) is 30.0. The predicted molar refractivity (Wildman–Crippen MR) is 206 cm³/mol. The summed E-state index contributed by atoms with van der Waals surface area (Å²) in [5.74, 6) is 4.36. The van der Waals surface area contributed by atoms with E-state index >= 15 is 0 Å². The predicted octanol–water partition coefficient (Wildman–Crippen LogP) is 9.56. The highest BCUT2D eigenvalue weighted by atomic mass is 32.2. The molecule has 0 saturated heterocycles. The molecule has 0 saturated carbocycles. The minimum Gasteiger partial charge on any atom is -0.497 e. The molecule has 0 spiro atoms. The smallest absolute Gasteiger partial charge is 0.261 e. The van der Waals surface area contributed by atoms with Crippen LogP contribution in [0.4, 0.5) is 0 Å². The van der Waals surface area contributed by atoms with E-state index in [0.717, 1.165) is 22.6 Å². The van der Waals surface area contributed by atoms with Gasteiger partial charge in [0, 0.05) is 22.3 Å². The summed E-state index contributed by atoms with van der Waals surface area (Å²) in [7, 11) is -0.417. The van der Waals surface area contributed by atoms with E-state index in [1.807, 2.05) is 111 Å². The van der Waals surface area contributed by atoms with Gasteiger partial charge in [-0.2, -0.15) is 8.42 Å². The number of hydrogen-bond donors (Lipinski definition) is 1. The van der Waals surface area contributed by atoms with Gasteiger partial charge >= 0.3 is 0 Å². The Labute approximate surface area is 310 Å². The minimum atomic E-state index is -3.67. The van der Waals surface area contributed by atoms with Crippen molar-refractivity contribution in [1.29, 1.82) is 0 Å². The Bertz CT molecular complexity index is 2020. The molecule has 0 radical (unpaired) electrons. The fourth-order valence-corrected chi connectivity index (χ4v) is 4.65. The van der Waals surface area contributed by atoms with Gasteiger partial charge in [-0.15, -0.1) is 0 Å². The van der Waals surface area contributed by atoms with Crippen molar-refractivity contribution in [3.63, 3.8) is 0 Å². The van der Waals surface area contributed by atoms with Gasteiger partial charge in [0.2, 0.25) is 0 Å². The molecule has 0 atom stereocenters. The first-order valence-electron chi connectivity index (χ1n) is 16.3. The molecule has 0 bridgehead atoms. The van der Waals surface area contributed by atoms with Crippen LogP contribution in [0.3, 0.4) is 0 Å². The van der Waals surface area contributed by atoms with Crippen LogP contribution in [0.25, 0.3) is 0 Å². The fraction of sp³-hybridized carbons (Fsp3) is 0.116. The minimum absolute atomic E-state index is 0.00555. The molecule has 6 aromatic carbocycles. The maximum absolute atomic E-state index is 12.4. The normalized spacial score (nSPS) is 10.4. The van der Waals surface area contributed by atoms with Crippen LogP contribution in [0, 0.1) is 13.8 Å². The van der Waals surface area contributed by atoms with Crippen molar-refractivity contribution in [3.8, 4) is 34.5 Å². The number of ketones is 2. The number of carbonyl (C=O) groups is 2. The number of carbonyl (C=O) groups excluding carboxylic acids is 2. The summed E-state index contributed by atoms with van der Waals surface area (Å²) in [5.41, 5.74) is 4.92. The van der Waals surface area contributed by atoms with E-state index in [-0.39, 0.29) is 11.6 Å². The van der Waals surface area contributed by atoms with Crippen LogP contribution in [-0.4, -0.2) is 45.0 Å². The van der Waals surface area contributed by atoms with E-state index in [4.69, 9.17) is 23.5 Å². The number of ether oxygens (including phenoxy) is 4. The van der Waals surface area contributed by atoms with Crippen molar-refractivity contribution in [2.75, 3.05) is 20.5 Å². The molecule has 0 amide bonds. The second-order valence-corrected chi connectivity index (χ2v) is 13.2. The monoisotopic (exact) mass is 732 g/mol. The van der Waals surface area contributed by atoms with Gasteiger partial charge in [-0.1, -0.05) is 59.7 Å². The van der Waals surface area contributed by atoms with E-state index in [2.05, 4.69) is 0 Å². The van der Waals surface area contributed by atoms with Gasteiger partial charge in [0.1, 0.15) is 34.5 Å². The van der Waals surface area contributed by atoms with Crippen molar-refractivity contribution in [2.45, 2.75) is 13.8 Å². The first-order valence-corrected chi connectivity index (χ1v) is 18.2. The van der Waals surface area contributed by atoms with E-state index < -0.39 is 10.1 Å². The standard InChI is InChI=1S/2C21H18O3.CH4O3S/c2*1-15-3-5-16(6-4-15)21(22)17-7-9-19(10-8-17)24-20-13-11-18(23-2)12-14-20;1-5(2,3)4/h2*3-14H,1-2H3;1H3,(H,2,3,4). The number of methoxy groups -OCH3 is 2. The highest BCUT2D eigenvalue weighted by Crippen LogP contribution is 2.26. The van der Waals surface area contributed by atoms with Crippen LogP contribution >= 0.6 is 0 Å². The largest absolute Gasteiger partial charge is 0.497 e. The molecule has 10 heteroatoms. The Kier molecular flexibility index (Phi) is 14.1. The second kappa shape index (κ2) is 18.8. The first kappa shape index (κ1) is 39.6. The van der Waals surface area contributed by atoms with Crippen LogP contribution in [0.2, 0.25) is 0 Å². The van der Waals surface area contributed by atoms with Crippen LogP contribution in [0.1, 0.15) is 43.0 Å². The average Bonchev–Trinajstić information content (AvgIpc) is 3.16. The van der Waals surface area contributed by atoms with E-state index in [0.29, 0.717) is 51.5 Å². The van der Waals surface area contributed by atoms with E-state index in [1.165, 1.54) is 0 Å². The molecule has 0 aliphatic heterocycles. The van der Waals surface area contributed by atoms with Crippen molar-refractivity contribution >= 4 is 21.7 Å². The average molecular weight is 733 g/mol. The van der Waals surface area contributed by atoms with E-state index in [9.17, 15) is 18.0 Å². The Morgan fingerprint density at radius 3 is 0.830 bits per heavy atom. The van der Waals surface area contributed by atoms with Gasteiger partial charge in [0.15, 0.2) is 11.6 Å². The molecule has 0 unspecified atom stereocenters. The lowest BCUT2D eigenvalue weighted by atomic mass is 10.0. The Morgan fingerprint density at radius 2 is 0.604 bits per heavy atom. The highest BCUT2D eigenvalue weighted by Gasteiger charge is 2.10. The topological polar surface area (TPSA) is 125 Å². The SMILES string of the molecule is COc1ccc(Oc2ccc(C(=O)c3ccc(C)cc3)cc2)cc1.COc1ccc(Oc2ccc(C(=O)c3ccc(C)cc3)cc2)cc1.CS(=O)(=O)O. The molecule has 0 aliphatic rings. The van der Waals surface area contributed by atoms with Gasteiger partial charge < -0.3 is 18.9 Å². The van der Waals surface area contributed by atoms with Gasteiger partial charge in [0.05, 0.1) is 20.5 Å². The molecule has 6 rings (SSSR count). The molecular formula is C43H40O9S. The lowest BCUT2D eigenvalue weighted by Gasteiger charge is -2.07. The molecule has 6 aromatic rings. The Balaban J connectivity index is 0.000000210. The molecule has 0 aliphatic carbocycles. The first-order chi connectivity index (χ1) is 25.3. The molecule has 0 heterocycles. The van der Waals surface area contributed by atoms with Crippen LogP contribution < -0.4 is 18.9 Å². The molecule has 0 fully saturated rings. The number of benzene rings is 6. The quantitative estimate of drug-likeness (QED) is 0.108. The molecule has 53 heavy (non-hydrogen) atoms. The lowest BCUT2D eigenvalue weighted by Crippen LogP contribution is -2.00. The number of rotatable bonds is 10. The maximum Gasteiger partial charge on any atom is 0.261 e. The van der Waals surface area contributed by atoms with Crippen LogP contribution in [0.5, 0.6) is 34.5 Å².